The Morgan fingerprint density at radius 1 is 1.47 bits per heavy atom. The maximum atomic E-state index is 9.12. The Balaban J connectivity index is 2.42. The number of ether oxygens (including phenoxy) is 1. The quantitative estimate of drug-likeness (QED) is 0.809. The highest BCUT2D eigenvalue weighted by atomic mass is 16.5. The van der Waals surface area contributed by atoms with E-state index >= 15 is 0 Å². The first-order chi connectivity index (χ1) is 8.06. The fourth-order valence-electron chi connectivity index (χ4n) is 2.68. The van der Waals surface area contributed by atoms with Crippen molar-refractivity contribution < 1.29 is 4.74 Å². The SMILES string of the molecule is Cc1c(C#N)c(N)n(C2CCOC(C)C2)c1C. The summed E-state index contributed by atoms with van der Waals surface area (Å²) in [4.78, 5) is 0. The van der Waals surface area contributed by atoms with E-state index in [9.17, 15) is 0 Å². The summed E-state index contributed by atoms with van der Waals surface area (Å²) in [6.45, 7) is 6.85. The molecule has 1 aliphatic heterocycles. The van der Waals surface area contributed by atoms with Crippen molar-refractivity contribution in [3.63, 3.8) is 0 Å². The molecule has 1 aromatic rings. The lowest BCUT2D eigenvalue weighted by Gasteiger charge is -2.30. The van der Waals surface area contributed by atoms with Gasteiger partial charge in [0.05, 0.1) is 11.7 Å². The molecule has 2 heterocycles. The number of aromatic nitrogens is 1. The van der Waals surface area contributed by atoms with Gasteiger partial charge in [-0.3, -0.25) is 0 Å². The summed E-state index contributed by atoms with van der Waals surface area (Å²) in [6.07, 6.45) is 2.19. The van der Waals surface area contributed by atoms with Crippen LogP contribution in [0.15, 0.2) is 0 Å². The number of anilines is 1. The minimum atomic E-state index is 0.265. The fourth-order valence-corrected chi connectivity index (χ4v) is 2.68. The maximum absolute atomic E-state index is 9.12. The first-order valence-electron chi connectivity index (χ1n) is 6.04. The van der Waals surface area contributed by atoms with Gasteiger partial charge in [0.15, 0.2) is 0 Å². The number of nitriles is 1. The van der Waals surface area contributed by atoms with Crippen LogP contribution in [0.5, 0.6) is 0 Å². The van der Waals surface area contributed by atoms with Gasteiger partial charge in [-0.2, -0.15) is 5.26 Å². The summed E-state index contributed by atoms with van der Waals surface area (Å²) in [6, 6.07) is 2.56. The highest BCUT2D eigenvalue weighted by Crippen LogP contribution is 2.33. The van der Waals surface area contributed by atoms with Crippen molar-refractivity contribution >= 4 is 5.82 Å². The number of hydrogen-bond donors (Lipinski definition) is 1. The predicted octanol–water partition coefficient (Wildman–Crippen LogP) is 2.30. The molecule has 4 heteroatoms. The van der Waals surface area contributed by atoms with Gasteiger partial charge < -0.3 is 15.0 Å². The van der Waals surface area contributed by atoms with Gasteiger partial charge in [-0.1, -0.05) is 0 Å². The third-order valence-corrected chi connectivity index (χ3v) is 3.73. The highest BCUT2D eigenvalue weighted by molar-refractivity contribution is 5.58. The zero-order valence-electron chi connectivity index (χ0n) is 10.7. The Labute approximate surface area is 102 Å². The molecule has 0 spiro atoms. The van der Waals surface area contributed by atoms with Gasteiger partial charge in [0, 0.05) is 18.3 Å². The summed E-state index contributed by atoms with van der Waals surface area (Å²) >= 11 is 0. The molecule has 0 aliphatic carbocycles. The molecular weight excluding hydrogens is 214 g/mol. The second-order valence-corrected chi connectivity index (χ2v) is 4.81. The zero-order chi connectivity index (χ0) is 12.6. The number of nitrogen functional groups attached to an aromatic ring is 1. The first-order valence-corrected chi connectivity index (χ1v) is 6.04. The third-order valence-electron chi connectivity index (χ3n) is 3.73. The van der Waals surface area contributed by atoms with E-state index in [0.717, 1.165) is 30.7 Å². The van der Waals surface area contributed by atoms with E-state index in [1.807, 2.05) is 13.8 Å². The lowest BCUT2D eigenvalue weighted by atomic mass is 10.0. The van der Waals surface area contributed by atoms with Crippen LogP contribution in [0, 0.1) is 25.2 Å². The van der Waals surface area contributed by atoms with E-state index in [0.29, 0.717) is 17.4 Å². The van der Waals surface area contributed by atoms with Crippen molar-refractivity contribution in [3.8, 4) is 6.07 Å². The van der Waals surface area contributed by atoms with E-state index in [1.54, 1.807) is 0 Å². The minimum Gasteiger partial charge on any atom is -0.384 e. The first kappa shape index (κ1) is 12.0. The smallest absolute Gasteiger partial charge is 0.122 e. The molecule has 2 atom stereocenters. The van der Waals surface area contributed by atoms with E-state index in [1.165, 1.54) is 0 Å². The van der Waals surface area contributed by atoms with Crippen molar-refractivity contribution in [2.24, 2.45) is 0 Å². The van der Waals surface area contributed by atoms with Crippen LogP contribution in [0.2, 0.25) is 0 Å². The second kappa shape index (κ2) is 4.42. The van der Waals surface area contributed by atoms with Crippen LogP contribution in [-0.2, 0) is 4.74 Å². The molecule has 92 valence electrons. The fraction of sp³-hybridized carbons (Fsp3) is 0.615. The van der Waals surface area contributed by atoms with Crippen LogP contribution in [-0.4, -0.2) is 17.3 Å². The van der Waals surface area contributed by atoms with Crippen molar-refractivity contribution in [1.82, 2.24) is 4.57 Å². The second-order valence-electron chi connectivity index (χ2n) is 4.81. The summed E-state index contributed by atoms with van der Waals surface area (Å²) in [7, 11) is 0. The largest absolute Gasteiger partial charge is 0.384 e. The zero-order valence-corrected chi connectivity index (χ0v) is 10.7. The van der Waals surface area contributed by atoms with Crippen molar-refractivity contribution in [2.75, 3.05) is 12.3 Å². The lowest BCUT2D eigenvalue weighted by molar-refractivity contribution is 0.00609. The third kappa shape index (κ3) is 1.91. The Morgan fingerprint density at radius 3 is 2.71 bits per heavy atom. The molecule has 0 amide bonds. The van der Waals surface area contributed by atoms with Crippen molar-refractivity contribution in [1.29, 1.82) is 5.26 Å². The van der Waals surface area contributed by atoms with Gasteiger partial charge in [0.1, 0.15) is 11.9 Å². The van der Waals surface area contributed by atoms with Crippen LogP contribution in [0.3, 0.4) is 0 Å². The lowest BCUT2D eigenvalue weighted by Crippen LogP contribution is -2.26. The highest BCUT2D eigenvalue weighted by Gasteiger charge is 2.26. The van der Waals surface area contributed by atoms with Gasteiger partial charge in [-0.15, -0.1) is 0 Å². The number of nitrogens with zero attached hydrogens (tertiary/aromatic N) is 2. The summed E-state index contributed by atoms with van der Waals surface area (Å²) < 4.78 is 7.67. The molecule has 0 bridgehead atoms. The molecular formula is C13H19N3O. The van der Waals surface area contributed by atoms with E-state index < -0.39 is 0 Å². The topological polar surface area (TPSA) is 64.0 Å². The van der Waals surface area contributed by atoms with E-state index in [4.69, 9.17) is 15.7 Å². The average Bonchev–Trinajstić information content (AvgIpc) is 2.50. The molecule has 0 aromatic carbocycles. The number of rotatable bonds is 1. The molecule has 4 nitrogen and oxygen atoms in total. The summed E-state index contributed by atoms with van der Waals surface area (Å²) in [5.41, 5.74) is 8.83. The van der Waals surface area contributed by atoms with Crippen LogP contribution < -0.4 is 5.73 Å². The molecule has 0 saturated carbocycles. The Morgan fingerprint density at radius 2 is 2.18 bits per heavy atom. The summed E-state index contributed by atoms with van der Waals surface area (Å²) in [5.74, 6) is 0.613. The van der Waals surface area contributed by atoms with Crippen LogP contribution >= 0.6 is 0 Å². The van der Waals surface area contributed by atoms with E-state index in [2.05, 4.69) is 17.6 Å². The van der Waals surface area contributed by atoms with Gasteiger partial charge >= 0.3 is 0 Å². The van der Waals surface area contributed by atoms with Crippen molar-refractivity contribution in [2.45, 2.75) is 45.8 Å². The Kier molecular flexibility index (Phi) is 3.12. The number of nitrogens with two attached hydrogens (primary N) is 1. The molecule has 17 heavy (non-hydrogen) atoms. The molecule has 2 unspecified atom stereocenters. The van der Waals surface area contributed by atoms with E-state index in [-0.39, 0.29) is 6.10 Å². The standard InChI is InChI=1S/C13H19N3O/c1-8-6-11(4-5-17-8)16-10(3)9(2)12(7-14)13(16)15/h8,11H,4-6,15H2,1-3H3. The molecule has 2 N–H and O–H groups in total. The van der Waals surface area contributed by atoms with Gasteiger partial charge in [-0.25, -0.2) is 0 Å². The van der Waals surface area contributed by atoms with Gasteiger partial charge in [0.25, 0.3) is 0 Å². The number of hydrogen-bond acceptors (Lipinski definition) is 3. The monoisotopic (exact) mass is 233 g/mol. The van der Waals surface area contributed by atoms with Crippen molar-refractivity contribution in [3.05, 3.63) is 16.8 Å². The minimum absolute atomic E-state index is 0.265. The molecule has 2 rings (SSSR count). The molecule has 1 fully saturated rings. The van der Waals surface area contributed by atoms with Crippen LogP contribution in [0.25, 0.3) is 0 Å². The van der Waals surface area contributed by atoms with Gasteiger partial charge in [0.2, 0.25) is 0 Å². The molecule has 1 saturated heterocycles. The predicted molar refractivity (Wildman–Crippen MR) is 66.7 cm³/mol. The summed E-state index contributed by atoms with van der Waals surface area (Å²) in [5, 5.41) is 9.12. The normalized spacial score (nSPS) is 24.6. The Bertz CT molecular complexity index is 470. The van der Waals surface area contributed by atoms with Crippen LogP contribution in [0.4, 0.5) is 5.82 Å². The Hall–Kier alpha value is -1.47. The average molecular weight is 233 g/mol. The molecule has 1 aromatic heterocycles. The van der Waals surface area contributed by atoms with Gasteiger partial charge in [-0.05, 0) is 39.2 Å². The maximum Gasteiger partial charge on any atom is 0.122 e. The molecule has 1 aliphatic rings. The molecule has 0 radical (unpaired) electrons. The van der Waals surface area contributed by atoms with Crippen LogP contribution in [0.1, 0.15) is 42.6 Å².